The molecule has 0 aromatic heterocycles. The molecule has 1 atom stereocenters. The third-order valence-electron chi connectivity index (χ3n) is 4.07. The molecule has 118 valence electrons. The van der Waals surface area contributed by atoms with Gasteiger partial charge < -0.3 is 15.1 Å². The Morgan fingerprint density at radius 1 is 1.17 bits per heavy atom. The molecule has 0 bridgehead atoms. The van der Waals surface area contributed by atoms with Gasteiger partial charge in [-0.1, -0.05) is 30.3 Å². The van der Waals surface area contributed by atoms with E-state index in [9.17, 15) is 4.79 Å². The number of fused-ring (bicyclic) bond motifs is 1. The van der Waals surface area contributed by atoms with Crippen LogP contribution in [0.4, 0.5) is 11.4 Å². The van der Waals surface area contributed by atoms with Gasteiger partial charge in [-0.25, -0.2) is 0 Å². The lowest BCUT2D eigenvalue weighted by atomic mass is 10.0. The fourth-order valence-corrected chi connectivity index (χ4v) is 2.84. The number of nitrogens with one attached hydrogen (secondary N) is 1. The van der Waals surface area contributed by atoms with E-state index < -0.39 is 0 Å². The summed E-state index contributed by atoms with van der Waals surface area (Å²) in [5, 5.41) is 3.47. The Morgan fingerprint density at radius 3 is 2.52 bits per heavy atom. The second-order valence-electron chi connectivity index (χ2n) is 5.82. The number of rotatable bonds is 4. The smallest absolute Gasteiger partial charge is 0.258 e. The van der Waals surface area contributed by atoms with Crippen molar-refractivity contribution in [2.24, 2.45) is 0 Å². The van der Waals surface area contributed by atoms with Crippen molar-refractivity contribution < 1.29 is 4.79 Å². The maximum absolute atomic E-state index is 12.8. The van der Waals surface area contributed by atoms with E-state index in [-0.39, 0.29) is 12.1 Å². The summed E-state index contributed by atoms with van der Waals surface area (Å²) < 4.78 is 0. The molecule has 1 aliphatic rings. The first kappa shape index (κ1) is 15.2. The normalized spacial score (nSPS) is 16.5. The molecule has 1 amide bonds. The van der Waals surface area contributed by atoms with Crippen molar-refractivity contribution in [3.63, 3.8) is 0 Å². The van der Waals surface area contributed by atoms with Crippen LogP contribution in [0.3, 0.4) is 0 Å². The van der Waals surface area contributed by atoms with Crippen LogP contribution < -0.4 is 10.2 Å². The van der Waals surface area contributed by atoms with Crippen LogP contribution in [0.2, 0.25) is 0 Å². The number of anilines is 2. The van der Waals surface area contributed by atoms with Crippen molar-refractivity contribution in [2.45, 2.75) is 6.17 Å². The number of benzene rings is 2. The SMILES string of the molecule is C=CCN1C(=O)c2ccccc2NC1c1ccc(N(C)C)cc1. The van der Waals surface area contributed by atoms with Gasteiger partial charge in [0, 0.05) is 32.0 Å². The topological polar surface area (TPSA) is 35.6 Å². The Hall–Kier alpha value is -2.75. The van der Waals surface area contributed by atoms with Crippen LogP contribution in [-0.4, -0.2) is 31.4 Å². The highest BCUT2D eigenvalue weighted by Crippen LogP contribution is 2.33. The van der Waals surface area contributed by atoms with E-state index in [1.165, 1.54) is 0 Å². The summed E-state index contributed by atoms with van der Waals surface area (Å²) >= 11 is 0. The van der Waals surface area contributed by atoms with Crippen molar-refractivity contribution in [3.05, 3.63) is 72.3 Å². The molecule has 1 heterocycles. The van der Waals surface area contributed by atoms with E-state index in [4.69, 9.17) is 0 Å². The van der Waals surface area contributed by atoms with Gasteiger partial charge in [0.25, 0.3) is 5.91 Å². The molecule has 0 fully saturated rings. The largest absolute Gasteiger partial charge is 0.378 e. The highest BCUT2D eigenvalue weighted by Gasteiger charge is 2.31. The lowest BCUT2D eigenvalue weighted by Crippen LogP contribution is -2.42. The average molecular weight is 307 g/mol. The number of nitrogens with zero attached hydrogens (tertiary/aromatic N) is 2. The number of amides is 1. The van der Waals surface area contributed by atoms with Crippen molar-refractivity contribution in [1.82, 2.24) is 4.90 Å². The van der Waals surface area contributed by atoms with E-state index in [1.807, 2.05) is 38.4 Å². The molecule has 3 rings (SSSR count). The zero-order valence-corrected chi connectivity index (χ0v) is 13.5. The summed E-state index contributed by atoms with van der Waals surface area (Å²) in [6, 6.07) is 15.9. The molecule has 1 aliphatic heterocycles. The van der Waals surface area contributed by atoms with Gasteiger partial charge in [0.15, 0.2) is 0 Å². The maximum Gasteiger partial charge on any atom is 0.258 e. The molecule has 0 spiro atoms. The Kier molecular flexibility index (Phi) is 4.06. The van der Waals surface area contributed by atoms with E-state index in [1.54, 1.807) is 11.0 Å². The standard InChI is InChI=1S/C19H21N3O/c1-4-13-22-18(14-9-11-15(12-10-14)21(2)3)20-17-8-6-5-7-16(17)19(22)23/h4-12,18,20H,1,13H2,2-3H3. The predicted molar refractivity (Wildman–Crippen MR) is 94.8 cm³/mol. The van der Waals surface area contributed by atoms with Gasteiger partial charge in [-0.05, 0) is 29.8 Å². The van der Waals surface area contributed by atoms with Crippen LogP contribution in [0, 0.1) is 0 Å². The van der Waals surface area contributed by atoms with Crippen molar-refractivity contribution in [1.29, 1.82) is 0 Å². The molecule has 23 heavy (non-hydrogen) atoms. The summed E-state index contributed by atoms with van der Waals surface area (Å²) in [4.78, 5) is 16.7. The highest BCUT2D eigenvalue weighted by atomic mass is 16.2. The summed E-state index contributed by atoms with van der Waals surface area (Å²) in [5.74, 6) is 0.0286. The van der Waals surface area contributed by atoms with E-state index in [0.717, 1.165) is 16.9 Å². The number of hydrogen-bond acceptors (Lipinski definition) is 3. The highest BCUT2D eigenvalue weighted by molar-refractivity contribution is 6.01. The molecule has 1 N–H and O–H groups in total. The minimum Gasteiger partial charge on any atom is -0.378 e. The molecule has 4 nitrogen and oxygen atoms in total. The number of para-hydroxylation sites is 1. The van der Waals surface area contributed by atoms with Gasteiger partial charge in [-0.3, -0.25) is 4.79 Å². The number of hydrogen-bond donors (Lipinski definition) is 1. The molecule has 2 aromatic carbocycles. The Bertz CT molecular complexity index is 722. The first-order valence-corrected chi connectivity index (χ1v) is 7.66. The molecule has 2 aromatic rings. The lowest BCUT2D eigenvalue weighted by Gasteiger charge is -2.37. The predicted octanol–water partition coefficient (Wildman–Crippen LogP) is 3.51. The zero-order valence-electron chi connectivity index (χ0n) is 13.5. The lowest BCUT2D eigenvalue weighted by molar-refractivity contribution is 0.0707. The molecule has 1 unspecified atom stereocenters. The van der Waals surface area contributed by atoms with Crippen LogP contribution in [0.25, 0.3) is 0 Å². The second-order valence-corrected chi connectivity index (χ2v) is 5.82. The van der Waals surface area contributed by atoms with Crippen LogP contribution >= 0.6 is 0 Å². The zero-order chi connectivity index (χ0) is 16.4. The second kappa shape index (κ2) is 6.16. The molecule has 0 aliphatic carbocycles. The molecule has 0 saturated carbocycles. The van der Waals surface area contributed by atoms with Crippen LogP contribution in [-0.2, 0) is 0 Å². The van der Waals surface area contributed by atoms with E-state index >= 15 is 0 Å². The molecular weight excluding hydrogens is 286 g/mol. The molecule has 0 radical (unpaired) electrons. The number of carbonyl (C=O) groups is 1. The van der Waals surface area contributed by atoms with Gasteiger partial charge in [0.1, 0.15) is 6.17 Å². The van der Waals surface area contributed by atoms with Crippen LogP contribution in [0.5, 0.6) is 0 Å². The summed E-state index contributed by atoms with van der Waals surface area (Å²) in [7, 11) is 4.02. The van der Waals surface area contributed by atoms with Crippen molar-refractivity contribution >= 4 is 17.3 Å². The van der Waals surface area contributed by atoms with Crippen LogP contribution in [0.1, 0.15) is 22.1 Å². The van der Waals surface area contributed by atoms with Gasteiger partial charge in [-0.15, -0.1) is 6.58 Å². The fraction of sp³-hybridized carbons (Fsp3) is 0.211. The van der Waals surface area contributed by atoms with E-state index in [0.29, 0.717) is 12.1 Å². The van der Waals surface area contributed by atoms with Gasteiger partial charge in [0.2, 0.25) is 0 Å². The molecular formula is C19H21N3O. The third-order valence-corrected chi connectivity index (χ3v) is 4.07. The summed E-state index contributed by atoms with van der Waals surface area (Å²) in [6.45, 7) is 4.28. The average Bonchev–Trinajstić information content (AvgIpc) is 2.57. The third kappa shape index (κ3) is 2.80. The quantitative estimate of drug-likeness (QED) is 0.878. The van der Waals surface area contributed by atoms with E-state index in [2.05, 4.69) is 41.1 Å². The minimum atomic E-state index is -0.188. The Morgan fingerprint density at radius 2 is 1.87 bits per heavy atom. The Balaban J connectivity index is 1.99. The monoisotopic (exact) mass is 307 g/mol. The summed E-state index contributed by atoms with van der Waals surface area (Å²) in [5.41, 5.74) is 3.77. The first-order valence-electron chi connectivity index (χ1n) is 7.66. The molecule has 0 saturated heterocycles. The van der Waals surface area contributed by atoms with Gasteiger partial charge >= 0.3 is 0 Å². The maximum atomic E-state index is 12.8. The van der Waals surface area contributed by atoms with Crippen molar-refractivity contribution in [3.8, 4) is 0 Å². The first-order chi connectivity index (χ1) is 11.1. The number of carbonyl (C=O) groups excluding carboxylic acids is 1. The van der Waals surface area contributed by atoms with Gasteiger partial charge in [0.05, 0.1) is 5.56 Å². The van der Waals surface area contributed by atoms with Gasteiger partial charge in [-0.2, -0.15) is 0 Å². The Labute approximate surface area is 137 Å². The molecule has 4 heteroatoms. The summed E-state index contributed by atoms with van der Waals surface area (Å²) in [6.07, 6.45) is 1.57. The minimum absolute atomic E-state index is 0.0286. The van der Waals surface area contributed by atoms with Crippen molar-refractivity contribution in [2.75, 3.05) is 30.9 Å². The fourth-order valence-electron chi connectivity index (χ4n) is 2.84. The van der Waals surface area contributed by atoms with Crippen LogP contribution in [0.15, 0.2) is 61.2 Å².